The molecule has 0 unspecified atom stereocenters. The van der Waals surface area contributed by atoms with Gasteiger partial charge in [0.1, 0.15) is 0 Å². The lowest BCUT2D eigenvalue weighted by Gasteiger charge is -2.51. The first-order chi connectivity index (χ1) is 13.4. The van der Waals surface area contributed by atoms with E-state index in [1.807, 2.05) is 0 Å². The van der Waals surface area contributed by atoms with E-state index in [4.69, 9.17) is 0 Å². The molecular weight excluding hydrogens is 344 g/mol. The third-order valence-corrected chi connectivity index (χ3v) is 6.60. The standard InChI is InChI=1S/C25H32N2O/c1-24(2)19-25(3,20-12-6-4-7-13-20)21-14-8-9-15-22(21)27(24)23(28)18-26-16-10-5-11-17-26/h4,6-9,12-15H,5,10-11,16-19H2,1-3H3/t25-/m1/s1. The van der Waals surface area contributed by atoms with Crippen LogP contribution in [0.4, 0.5) is 5.69 Å². The van der Waals surface area contributed by atoms with Crippen LogP contribution in [0.2, 0.25) is 0 Å². The molecule has 4 rings (SSSR count). The molecular formula is C25H32N2O. The predicted octanol–water partition coefficient (Wildman–Crippen LogP) is 4.99. The number of benzene rings is 2. The van der Waals surface area contributed by atoms with Gasteiger partial charge in [0.2, 0.25) is 5.91 Å². The normalized spacial score (nSPS) is 24.6. The molecule has 2 aliphatic heterocycles. The second-order valence-electron chi connectivity index (χ2n) is 9.27. The van der Waals surface area contributed by atoms with Crippen LogP contribution in [0, 0.1) is 0 Å². The number of para-hydroxylation sites is 1. The minimum atomic E-state index is -0.244. The van der Waals surface area contributed by atoms with Gasteiger partial charge < -0.3 is 4.90 Å². The fourth-order valence-electron chi connectivity index (χ4n) is 5.42. The number of carbonyl (C=O) groups is 1. The van der Waals surface area contributed by atoms with Crippen molar-refractivity contribution in [3.8, 4) is 0 Å². The highest BCUT2D eigenvalue weighted by Crippen LogP contribution is 2.50. The quantitative estimate of drug-likeness (QED) is 0.753. The molecule has 1 atom stereocenters. The largest absolute Gasteiger partial charge is 0.305 e. The Morgan fingerprint density at radius 3 is 2.25 bits per heavy atom. The molecule has 0 saturated carbocycles. The maximum atomic E-state index is 13.5. The number of anilines is 1. The van der Waals surface area contributed by atoms with Gasteiger partial charge in [0.15, 0.2) is 0 Å². The Hall–Kier alpha value is -2.13. The third-order valence-electron chi connectivity index (χ3n) is 6.60. The lowest BCUT2D eigenvalue weighted by molar-refractivity contribution is -0.121. The SMILES string of the molecule is CC1(C)C[C@](C)(c2ccccc2)c2ccccc2N1C(=O)CN1CCCCC1. The van der Waals surface area contributed by atoms with Crippen molar-refractivity contribution < 1.29 is 4.79 Å². The highest BCUT2D eigenvalue weighted by atomic mass is 16.2. The number of hydrogen-bond acceptors (Lipinski definition) is 2. The van der Waals surface area contributed by atoms with Crippen LogP contribution in [-0.4, -0.2) is 36.0 Å². The van der Waals surface area contributed by atoms with E-state index in [2.05, 4.69) is 85.2 Å². The number of carbonyl (C=O) groups excluding carboxylic acids is 1. The maximum absolute atomic E-state index is 13.5. The number of nitrogens with zero attached hydrogens (tertiary/aromatic N) is 2. The first-order valence-corrected chi connectivity index (χ1v) is 10.6. The Bertz CT molecular complexity index is 839. The molecule has 1 amide bonds. The second kappa shape index (κ2) is 7.36. The number of fused-ring (bicyclic) bond motifs is 1. The summed E-state index contributed by atoms with van der Waals surface area (Å²) in [7, 11) is 0. The van der Waals surface area contributed by atoms with Crippen LogP contribution < -0.4 is 4.90 Å². The molecule has 0 spiro atoms. The van der Waals surface area contributed by atoms with Crippen LogP contribution >= 0.6 is 0 Å². The van der Waals surface area contributed by atoms with Gasteiger partial charge in [0, 0.05) is 16.6 Å². The molecule has 28 heavy (non-hydrogen) atoms. The summed E-state index contributed by atoms with van der Waals surface area (Å²) in [5.74, 6) is 0.231. The van der Waals surface area contributed by atoms with Crippen LogP contribution in [0.25, 0.3) is 0 Å². The van der Waals surface area contributed by atoms with E-state index < -0.39 is 0 Å². The zero-order valence-corrected chi connectivity index (χ0v) is 17.4. The molecule has 0 bridgehead atoms. The minimum Gasteiger partial charge on any atom is -0.305 e. The first kappa shape index (κ1) is 19.2. The van der Waals surface area contributed by atoms with Gasteiger partial charge >= 0.3 is 0 Å². The van der Waals surface area contributed by atoms with Crippen molar-refractivity contribution in [2.45, 2.75) is 57.4 Å². The van der Waals surface area contributed by atoms with Gasteiger partial charge in [-0.15, -0.1) is 0 Å². The summed E-state index contributed by atoms with van der Waals surface area (Å²) in [6.45, 7) is 9.39. The number of amides is 1. The van der Waals surface area contributed by atoms with Crippen molar-refractivity contribution in [1.82, 2.24) is 4.90 Å². The summed E-state index contributed by atoms with van der Waals surface area (Å²) in [5, 5.41) is 0. The molecule has 0 aliphatic carbocycles. The van der Waals surface area contributed by atoms with Crippen LogP contribution in [-0.2, 0) is 10.2 Å². The predicted molar refractivity (Wildman–Crippen MR) is 116 cm³/mol. The van der Waals surface area contributed by atoms with Gasteiger partial charge in [-0.3, -0.25) is 9.69 Å². The lowest BCUT2D eigenvalue weighted by atomic mass is 9.65. The molecule has 2 aromatic carbocycles. The van der Waals surface area contributed by atoms with E-state index in [1.54, 1.807) is 0 Å². The Labute approximate surface area is 169 Å². The maximum Gasteiger partial charge on any atom is 0.241 e. The van der Waals surface area contributed by atoms with Crippen molar-refractivity contribution in [1.29, 1.82) is 0 Å². The topological polar surface area (TPSA) is 23.6 Å². The van der Waals surface area contributed by atoms with Gasteiger partial charge in [-0.1, -0.05) is 61.9 Å². The Morgan fingerprint density at radius 2 is 1.54 bits per heavy atom. The fraction of sp³-hybridized carbons (Fsp3) is 0.480. The number of piperidine rings is 1. The smallest absolute Gasteiger partial charge is 0.241 e. The average Bonchev–Trinajstić information content (AvgIpc) is 2.69. The van der Waals surface area contributed by atoms with Gasteiger partial charge in [0.05, 0.1) is 6.54 Å². The summed E-state index contributed by atoms with van der Waals surface area (Å²) in [5.41, 5.74) is 3.30. The van der Waals surface area contributed by atoms with E-state index >= 15 is 0 Å². The van der Waals surface area contributed by atoms with Crippen LogP contribution in [0.5, 0.6) is 0 Å². The fourth-order valence-corrected chi connectivity index (χ4v) is 5.42. The zero-order valence-electron chi connectivity index (χ0n) is 17.4. The monoisotopic (exact) mass is 376 g/mol. The van der Waals surface area contributed by atoms with Gasteiger partial charge in [0.25, 0.3) is 0 Å². The molecule has 148 valence electrons. The third kappa shape index (κ3) is 3.37. The molecule has 0 radical (unpaired) electrons. The molecule has 3 nitrogen and oxygen atoms in total. The first-order valence-electron chi connectivity index (χ1n) is 10.6. The van der Waals surface area contributed by atoms with Crippen molar-refractivity contribution in [3.63, 3.8) is 0 Å². The van der Waals surface area contributed by atoms with Crippen LogP contribution in [0.15, 0.2) is 54.6 Å². The zero-order chi connectivity index (χ0) is 19.8. The highest BCUT2D eigenvalue weighted by molar-refractivity contribution is 5.98. The molecule has 1 fully saturated rings. The summed E-state index contributed by atoms with van der Waals surface area (Å²) < 4.78 is 0. The molecule has 2 aliphatic rings. The van der Waals surface area contributed by atoms with Gasteiger partial charge in [-0.2, -0.15) is 0 Å². The number of likely N-dealkylation sites (tertiary alicyclic amines) is 1. The molecule has 1 saturated heterocycles. The molecule has 2 heterocycles. The van der Waals surface area contributed by atoms with Crippen molar-refractivity contribution in [2.24, 2.45) is 0 Å². The minimum absolute atomic E-state index is 0.108. The van der Waals surface area contributed by atoms with Crippen LogP contribution in [0.1, 0.15) is 57.6 Å². The summed E-state index contributed by atoms with van der Waals surface area (Å²) in [6, 6.07) is 19.2. The van der Waals surface area contributed by atoms with E-state index in [0.717, 1.165) is 25.2 Å². The number of rotatable bonds is 3. The highest BCUT2D eigenvalue weighted by Gasteiger charge is 2.47. The van der Waals surface area contributed by atoms with Crippen LogP contribution in [0.3, 0.4) is 0 Å². The Kier molecular flexibility index (Phi) is 5.05. The number of hydrogen-bond donors (Lipinski definition) is 0. The van der Waals surface area contributed by atoms with Crippen molar-refractivity contribution in [2.75, 3.05) is 24.5 Å². The van der Waals surface area contributed by atoms with Crippen molar-refractivity contribution in [3.05, 3.63) is 65.7 Å². The lowest BCUT2D eigenvalue weighted by Crippen LogP contribution is -2.58. The second-order valence-corrected chi connectivity index (χ2v) is 9.27. The molecule has 3 heteroatoms. The summed E-state index contributed by atoms with van der Waals surface area (Å²) in [4.78, 5) is 17.9. The molecule has 0 N–H and O–H groups in total. The van der Waals surface area contributed by atoms with Gasteiger partial charge in [-0.25, -0.2) is 0 Å². The van der Waals surface area contributed by atoms with Gasteiger partial charge in [-0.05, 0) is 63.4 Å². The molecule has 2 aromatic rings. The Morgan fingerprint density at radius 1 is 0.893 bits per heavy atom. The average molecular weight is 377 g/mol. The van der Waals surface area contributed by atoms with E-state index in [0.29, 0.717) is 6.54 Å². The Balaban J connectivity index is 1.73. The summed E-state index contributed by atoms with van der Waals surface area (Å²) in [6.07, 6.45) is 4.61. The van der Waals surface area contributed by atoms with E-state index in [9.17, 15) is 4.79 Å². The molecule has 0 aromatic heterocycles. The van der Waals surface area contributed by atoms with E-state index in [1.165, 1.54) is 30.4 Å². The van der Waals surface area contributed by atoms with E-state index in [-0.39, 0.29) is 16.9 Å². The summed E-state index contributed by atoms with van der Waals surface area (Å²) >= 11 is 0. The van der Waals surface area contributed by atoms with Crippen molar-refractivity contribution >= 4 is 11.6 Å².